The molecule has 3 rings (SSSR count). The van der Waals surface area contributed by atoms with Gasteiger partial charge in [0.05, 0.1) is 13.3 Å². The summed E-state index contributed by atoms with van der Waals surface area (Å²) in [6, 6.07) is 16.2. The van der Waals surface area contributed by atoms with E-state index in [2.05, 4.69) is 33.5 Å². The van der Waals surface area contributed by atoms with E-state index < -0.39 is 0 Å². The van der Waals surface area contributed by atoms with Crippen molar-refractivity contribution < 1.29 is 4.74 Å². The number of rotatable bonds is 4. The van der Waals surface area contributed by atoms with Gasteiger partial charge in [0.1, 0.15) is 11.6 Å². The number of methoxy groups -OCH3 is 1. The topological polar surface area (TPSA) is 47.0 Å². The summed E-state index contributed by atoms with van der Waals surface area (Å²) in [7, 11) is 1.67. The van der Waals surface area contributed by atoms with Gasteiger partial charge in [-0.2, -0.15) is 0 Å². The number of anilines is 2. The minimum Gasteiger partial charge on any atom is -0.497 e. The molecule has 0 radical (unpaired) electrons. The first kappa shape index (κ1) is 13.1. The molecule has 21 heavy (non-hydrogen) atoms. The predicted molar refractivity (Wildman–Crippen MR) is 83.7 cm³/mol. The fraction of sp³-hybridized carbons (Fsp3) is 0.0588. The number of ether oxygens (including phenoxy) is 1. The lowest BCUT2D eigenvalue weighted by molar-refractivity contribution is 0.415. The second-order valence-electron chi connectivity index (χ2n) is 4.52. The maximum absolute atomic E-state index is 5.25. The number of benzene rings is 2. The van der Waals surface area contributed by atoms with Crippen LogP contribution < -0.4 is 10.1 Å². The van der Waals surface area contributed by atoms with Gasteiger partial charge in [-0.3, -0.25) is 4.98 Å². The van der Waals surface area contributed by atoms with Gasteiger partial charge in [0.2, 0.25) is 0 Å². The Hall–Kier alpha value is -2.88. The van der Waals surface area contributed by atoms with E-state index in [4.69, 9.17) is 4.74 Å². The van der Waals surface area contributed by atoms with E-state index in [1.807, 2.05) is 30.3 Å². The Bertz CT molecular complexity index is 712. The average molecular weight is 277 g/mol. The zero-order chi connectivity index (χ0) is 14.5. The highest BCUT2D eigenvalue weighted by atomic mass is 16.5. The SMILES string of the molecule is COc1cccc(-c2ccc(Nc3cnccn3)cc2)c1. The van der Waals surface area contributed by atoms with Crippen LogP contribution in [-0.4, -0.2) is 17.1 Å². The van der Waals surface area contributed by atoms with Gasteiger partial charge < -0.3 is 10.1 Å². The number of nitrogens with zero attached hydrogens (tertiary/aromatic N) is 2. The van der Waals surface area contributed by atoms with Crippen LogP contribution in [0, 0.1) is 0 Å². The molecule has 0 aliphatic rings. The standard InChI is InChI=1S/C17H15N3O/c1-21-16-4-2-3-14(11-16)13-5-7-15(8-6-13)20-17-12-18-9-10-19-17/h2-12H,1H3,(H,19,20). The molecule has 0 saturated carbocycles. The monoisotopic (exact) mass is 277 g/mol. The van der Waals surface area contributed by atoms with E-state index in [1.54, 1.807) is 25.7 Å². The molecule has 4 heteroatoms. The van der Waals surface area contributed by atoms with Crippen LogP contribution in [0.4, 0.5) is 11.5 Å². The molecule has 1 N–H and O–H groups in total. The molecule has 4 nitrogen and oxygen atoms in total. The molecule has 104 valence electrons. The number of hydrogen-bond donors (Lipinski definition) is 1. The van der Waals surface area contributed by atoms with Crippen molar-refractivity contribution in [1.29, 1.82) is 0 Å². The van der Waals surface area contributed by atoms with E-state index in [0.717, 1.165) is 28.4 Å². The highest BCUT2D eigenvalue weighted by Crippen LogP contribution is 2.25. The van der Waals surface area contributed by atoms with Crippen LogP contribution in [0.5, 0.6) is 5.75 Å². The second-order valence-corrected chi connectivity index (χ2v) is 4.52. The Morgan fingerprint density at radius 3 is 2.52 bits per heavy atom. The van der Waals surface area contributed by atoms with E-state index in [-0.39, 0.29) is 0 Å². The zero-order valence-corrected chi connectivity index (χ0v) is 11.7. The largest absolute Gasteiger partial charge is 0.497 e. The van der Waals surface area contributed by atoms with Crippen molar-refractivity contribution in [2.75, 3.05) is 12.4 Å². The van der Waals surface area contributed by atoms with Gasteiger partial charge in [-0.1, -0.05) is 24.3 Å². The molecule has 3 aromatic rings. The summed E-state index contributed by atoms with van der Waals surface area (Å²) in [5.74, 6) is 1.58. The van der Waals surface area contributed by atoms with Gasteiger partial charge in [-0.05, 0) is 35.4 Å². The smallest absolute Gasteiger partial charge is 0.148 e. The van der Waals surface area contributed by atoms with Crippen LogP contribution in [0.25, 0.3) is 11.1 Å². The highest BCUT2D eigenvalue weighted by Gasteiger charge is 2.01. The first-order valence-electron chi connectivity index (χ1n) is 6.63. The van der Waals surface area contributed by atoms with Gasteiger partial charge >= 0.3 is 0 Å². The van der Waals surface area contributed by atoms with Crippen LogP contribution >= 0.6 is 0 Å². The number of nitrogens with one attached hydrogen (secondary N) is 1. The third-order valence-corrected chi connectivity index (χ3v) is 3.12. The molecule has 0 aliphatic heterocycles. The highest BCUT2D eigenvalue weighted by molar-refractivity contribution is 5.68. The van der Waals surface area contributed by atoms with Gasteiger partial charge in [-0.25, -0.2) is 4.98 Å². The van der Waals surface area contributed by atoms with Crippen molar-refractivity contribution in [2.24, 2.45) is 0 Å². The van der Waals surface area contributed by atoms with Crippen molar-refractivity contribution in [3.05, 3.63) is 67.1 Å². The average Bonchev–Trinajstić information content (AvgIpc) is 2.56. The molecule has 1 aromatic heterocycles. The summed E-state index contributed by atoms with van der Waals surface area (Å²) in [5.41, 5.74) is 3.24. The summed E-state index contributed by atoms with van der Waals surface area (Å²) in [6.07, 6.45) is 5.00. The molecule has 0 fully saturated rings. The molecule has 0 spiro atoms. The first-order chi connectivity index (χ1) is 10.3. The number of aromatic nitrogens is 2. The fourth-order valence-electron chi connectivity index (χ4n) is 2.06. The Morgan fingerprint density at radius 2 is 1.81 bits per heavy atom. The van der Waals surface area contributed by atoms with Crippen molar-refractivity contribution in [3.8, 4) is 16.9 Å². The molecular formula is C17H15N3O. The molecular weight excluding hydrogens is 262 g/mol. The predicted octanol–water partition coefficient (Wildman–Crippen LogP) is 3.90. The summed E-state index contributed by atoms with van der Waals surface area (Å²) < 4.78 is 5.25. The van der Waals surface area contributed by atoms with E-state index in [1.165, 1.54) is 0 Å². The Labute approximate surface area is 123 Å². The van der Waals surface area contributed by atoms with Crippen molar-refractivity contribution in [3.63, 3.8) is 0 Å². The van der Waals surface area contributed by atoms with E-state index >= 15 is 0 Å². The van der Waals surface area contributed by atoms with Crippen LogP contribution in [0.3, 0.4) is 0 Å². The van der Waals surface area contributed by atoms with Gasteiger partial charge in [0.25, 0.3) is 0 Å². The van der Waals surface area contributed by atoms with E-state index in [0.29, 0.717) is 0 Å². The maximum Gasteiger partial charge on any atom is 0.148 e. The first-order valence-corrected chi connectivity index (χ1v) is 6.63. The van der Waals surface area contributed by atoms with Gasteiger partial charge in [0, 0.05) is 18.1 Å². The van der Waals surface area contributed by atoms with E-state index in [9.17, 15) is 0 Å². The summed E-state index contributed by atoms with van der Waals surface area (Å²) in [4.78, 5) is 8.21. The van der Waals surface area contributed by atoms with Gasteiger partial charge in [-0.15, -0.1) is 0 Å². The molecule has 0 atom stereocenters. The lowest BCUT2D eigenvalue weighted by Gasteiger charge is -2.07. The Morgan fingerprint density at radius 1 is 0.952 bits per heavy atom. The molecule has 0 amide bonds. The zero-order valence-electron chi connectivity index (χ0n) is 11.7. The molecule has 0 aliphatic carbocycles. The van der Waals surface area contributed by atoms with Crippen LogP contribution in [0.15, 0.2) is 67.1 Å². The lowest BCUT2D eigenvalue weighted by atomic mass is 10.1. The lowest BCUT2D eigenvalue weighted by Crippen LogP contribution is -1.93. The van der Waals surface area contributed by atoms with Crippen LogP contribution in [0.1, 0.15) is 0 Å². The summed E-state index contributed by atoms with van der Waals surface area (Å²) >= 11 is 0. The Balaban J connectivity index is 1.80. The Kier molecular flexibility index (Phi) is 3.78. The van der Waals surface area contributed by atoms with Crippen molar-refractivity contribution in [1.82, 2.24) is 9.97 Å². The molecule has 0 bridgehead atoms. The summed E-state index contributed by atoms with van der Waals surface area (Å²) in [6.45, 7) is 0. The fourth-order valence-corrected chi connectivity index (χ4v) is 2.06. The van der Waals surface area contributed by atoms with Crippen LogP contribution in [0.2, 0.25) is 0 Å². The molecule has 1 heterocycles. The minimum atomic E-state index is 0.728. The molecule has 0 saturated heterocycles. The number of hydrogen-bond acceptors (Lipinski definition) is 4. The van der Waals surface area contributed by atoms with Crippen molar-refractivity contribution >= 4 is 11.5 Å². The molecule has 2 aromatic carbocycles. The summed E-state index contributed by atoms with van der Waals surface area (Å²) in [5, 5.41) is 3.21. The molecule has 0 unspecified atom stereocenters. The third-order valence-electron chi connectivity index (χ3n) is 3.12. The normalized spacial score (nSPS) is 10.1. The second kappa shape index (κ2) is 6.05. The quantitative estimate of drug-likeness (QED) is 0.785. The maximum atomic E-state index is 5.25. The van der Waals surface area contributed by atoms with Crippen LogP contribution in [-0.2, 0) is 0 Å². The van der Waals surface area contributed by atoms with Crippen molar-refractivity contribution in [2.45, 2.75) is 0 Å². The van der Waals surface area contributed by atoms with Gasteiger partial charge in [0.15, 0.2) is 0 Å². The third kappa shape index (κ3) is 3.17. The minimum absolute atomic E-state index is 0.728.